The number of imide groups is 1. The van der Waals surface area contributed by atoms with E-state index >= 15 is 0 Å². The first-order chi connectivity index (χ1) is 16.9. The van der Waals surface area contributed by atoms with Crippen molar-refractivity contribution in [2.45, 2.75) is 13.8 Å². The minimum atomic E-state index is -0.655. The van der Waals surface area contributed by atoms with Crippen LogP contribution in [0.4, 0.5) is 4.79 Å². The average Bonchev–Trinajstić information content (AvgIpc) is 3.47. The van der Waals surface area contributed by atoms with E-state index in [1.165, 1.54) is 12.3 Å². The van der Waals surface area contributed by atoms with E-state index in [1.807, 2.05) is 31.2 Å². The Morgan fingerprint density at radius 1 is 1.06 bits per heavy atom. The smallest absolute Gasteiger partial charge is 0.379 e. The fourth-order valence-electron chi connectivity index (χ4n) is 3.25. The topological polar surface area (TPSA) is 95.3 Å². The number of hydrogen-bond donors (Lipinski definition) is 0. The quantitative estimate of drug-likeness (QED) is 0.225. The number of ether oxygens (including phenoxy) is 3. The Labute approximate surface area is 206 Å². The molecule has 4 rings (SSSR count). The zero-order valence-electron chi connectivity index (χ0n) is 19.2. The largest absolute Gasteiger partial charge is 0.492 e. The molecule has 1 aliphatic rings. The lowest BCUT2D eigenvalue weighted by Crippen LogP contribution is -2.32. The van der Waals surface area contributed by atoms with Gasteiger partial charge in [-0.05, 0) is 73.6 Å². The normalized spacial score (nSPS) is 14.5. The van der Waals surface area contributed by atoms with E-state index in [9.17, 15) is 14.4 Å². The highest BCUT2D eigenvalue weighted by Crippen LogP contribution is 2.35. The standard InChI is InChI=1S/C26H23NO7S/c1-3-31-22-15-18(8-11-20(22)34-25(29)21-5-4-13-33-21)16-23-24(28)27(26(30)35-23)12-14-32-19-9-6-17(2)7-10-19/h4-11,13,15-16H,3,12,14H2,1-2H3/b23-16-. The molecular formula is C26H23NO7S. The predicted octanol–water partition coefficient (Wildman–Crippen LogP) is 5.32. The summed E-state index contributed by atoms with van der Waals surface area (Å²) >= 11 is 0.862. The van der Waals surface area contributed by atoms with Crippen molar-refractivity contribution in [2.75, 3.05) is 19.8 Å². The highest BCUT2D eigenvalue weighted by atomic mass is 32.2. The minimum absolute atomic E-state index is 0.0663. The maximum absolute atomic E-state index is 12.8. The third kappa shape index (κ3) is 5.93. The lowest BCUT2D eigenvalue weighted by atomic mass is 10.2. The van der Waals surface area contributed by atoms with Gasteiger partial charge in [0.05, 0.1) is 24.3 Å². The van der Waals surface area contributed by atoms with E-state index in [2.05, 4.69) is 0 Å². The van der Waals surface area contributed by atoms with Crippen molar-refractivity contribution >= 4 is 35.0 Å². The Bertz CT molecular complexity index is 1250. The van der Waals surface area contributed by atoms with E-state index in [-0.39, 0.29) is 34.8 Å². The van der Waals surface area contributed by atoms with Crippen LogP contribution in [0.5, 0.6) is 17.2 Å². The van der Waals surface area contributed by atoms with Crippen molar-refractivity contribution in [3.8, 4) is 17.2 Å². The van der Waals surface area contributed by atoms with Gasteiger partial charge < -0.3 is 18.6 Å². The van der Waals surface area contributed by atoms with Crippen LogP contribution in [0.2, 0.25) is 0 Å². The van der Waals surface area contributed by atoms with Gasteiger partial charge >= 0.3 is 5.97 Å². The van der Waals surface area contributed by atoms with Gasteiger partial charge in [0.2, 0.25) is 5.76 Å². The first-order valence-electron chi connectivity index (χ1n) is 10.9. The van der Waals surface area contributed by atoms with Crippen molar-refractivity contribution < 1.29 is 33.0 Å². The third-order valence-corrected chi connectivity index (χ3v) is 5.88. The summed E-state index contributed by atoms with van der Waals surface area (Å²) in [5.74, 6) is 0.237. The molecule has 0 atom stereocenters. The first-order valence-corrected chi connectivity index (χ1v) is 11.7. The number of amides is 2. The molecule has 0 N–H and O–H groups in total. The first kappa shape index (κ1) is 24.2. The minimum Gasteiger partial charge on any atom is -0.492 e. The number of carbonyl (C=O) groups excluding carboxylic acids is 3. The zero-order chi connectivity index (χ0) is 24.8. The molecule has 8 nitrogen and oxygen atoms in total. The maximum Gasteiger partial charge on any atom is 0.379 e. The number of hydrogen-bond acceptors (Lipinski definition) is 8. The van der Waals surface area contributed by atoms with Crippen LogP contribution in [-0.2, 0) is 4.79 Å². The molecule has 180 valence electrons. The molecule has 0 bridgehead atoms. The summed E-state index contributed by atoms with van der Waals surface area (Å²) in [5, 5.41) is -0.359. The van der Waals surface area contributed by atoms with Crippen LogP contribution in [0.1, 0.15) is 28.6 Å². The molecule has 9 heteroatoms. The molecule has 1 fully saturated rings. The summed E-state index contributed by atoms with van der Waals surface area (Å²) in [5.41, 5.74) is 1.73. The van der Waals surface area contributed by atoms with Gasteiger partial charge in [0.1, 0.15) is 12.4 Å². The fraction of sp³-hybridized carbons (Fsp3) is 0.192. The highest BCUT2D eigenvalue weighted by molar-refractivity contribution is 8.18. The SMILES string of the molecule is CCOc1cc(/C=C2\SC(=O)N(CCOc3ccc(C)cc3)C2=O)ccc1OC(=O)c1ccco1. The maximum atomic E-state index is 12.8. The number of rotatable bonds is 9. The lowest BCUT2D eigenvalue weighted by Gasteiger charge is -2.13. The summed E-state index contributed by atoms with van der Waals surface area (Å²) in [6.07, 6.45) is 2.98. The van der Waals surface area contributed by atoms with Crippen molar-refractivity contribution in [3.05, 3.63) is 82.7 Å². The van der Waals surface area contributed by atoms with Crippen LogP contribution in [0.25, 0.3) is 6.08 Å². The summed E-state index contributed by atoms with van der Waals surface area (Å²) in [6.45, 7) is 4.45. The number of esters is 1. The van der Waals surface area contributed by atoms with Crippen LogP contribution in [0.15, 0.2) is 70.2 Å². The van der Waals surface area contributed by atoms with Gasteiger partial charge in [0.25, 0.3) is 11.1 Å². The van der Waals surface area contributed by atoms with Crippen LogP contribution in [0.3, 0.4) is 0 Å². The number of furan rings is 1. The Kier molecular flexibility index (Phi) is 7.57. The molecule has 0 radical (unpaired) electrons. The average molecular weight is 494 g/mol. The van der Waals surface area contributed by atoms with Crippen LogP contribution < -0.4 is 14.2 Å². The Morgan fingerprint density at radius 3 is 2.57 bits per heavy atom. The molecular weight excluding hydrogens is 470 g/mol. The van der Waals surface area contributed by atoms with E-state index < -0.39 is 11.9 Å². The molecule has 1 aliphatic heterocycles. The van der Waals surface area contributed by atoms with Gasteiger partial charge in [-0.1, -0.05) is 23.8 Å². The number of carbonyl (C=O) groups is 3. The lowest BCUT2D eigenvalue weighted by molar-refractivity contribution is -0.123. The van der Waals surface area contributed by atoms with Gasteiger partial charge in [-0.2, -0.15) is 0 Å². The molecule has 2 heterocycles. The molecule has 0 spiro atoms. The summed E-state index contributed by atoms with van der Waals surface area (Å²) in [6, 6.07) is 15.5. The molecule has 3 aromatic rings. The van der Waals surface area contributed by atoms with Crippen molar-refractivity contribution in [3.63, 3.8) is 0 Å². The molecule has 1 saturated heterocycles. The molecule has 35 heavy (non-hydrogen) atoms. The zero-order valence-corrected chi connectivity index (χ0v) is 20.0. The van der Waals surface area contributed by atoms with E-state index in [1.54, 1.807) is 37.3 Å². The van der Waals surface area contributed by atoms with Crippen LogP contribution in [-0.4, -0.2) is 41.8 Å². The van der Waals surface area contributed by atoms with E-state index in [0.29, 0.717) is 23.7 Å². The number of nitrogens with zero attached hydrogens (tertiary/aromatic N) is 1. The van der Waals surface area contributed by atoms with Crippen molar-refractivity contribution in [2.24, 2.45) is 0 Å². The Morgan fingerprint density at radius 2 is 1.86 bits per heavy atom. The van der Waals surface area contributed by atoms with E-state index in [0.717, 1.165) is 22.2 Å². The second-order valence-corrected chi connectivity index (χ2v) is 8.49. The predicted molar refractivity (Wildman–Crippen MR) is 131 cm³/mol. The Hall–Kier alpha value is -3.98. The van der Waals surface area contributed by atoms with Crippen LogP contribution in [0, 0.1) is 6.92 Å². The summed E-state index contributed by atoms with van der Waals surface area (Å²) in [4.78, 5) is 38.9. The molecule has 0 aliphatic carbocycles. The van der Waals surface area contributed by atoms with Crippen LogP contribution >= 0.6 is 11.8 Å². The van der Waals surface area contributed by atoms with Gasteiger partial charge in [0, 0.05) is 0 Å². The van der Waals surface area contributed by atoms with Gasteiger partial charge in [-0.3, -0.25) is 14.5 Å². The molecule has 2 aromatic carbocycles. The molecule has 0 saturated carbocycles. The van der Waals surface area contributed by atoms with Gasteiger partial charge in [-0.15, -0.1) is 0 Å². The monoisotopic (exact) mass is 493 g/mol. The fourth-order valence-corrected chi connectivity index (χ4v) is 4.11. The Balaban J connectivity index is 1.43. The van der Waals surface area contributed by atoms with Crippen molar-refractivity contribution in [1.29, 1.82) is 0 Å². The molecule has 2 amide bonds. The number of aryl methyl sites for hydroxylation is 1. The number of benzene rings is 2. The molecule has 1 aromatic heterocycles. The van der Waals surface area contributed by atoms with Crippen molar-refractivity contribution in [1.82, 2.24) is 4.90 Å². The summed E-state index contributed by atoms with van der Waals surface area (Å²) in [7, 11) is 0. The third-order valence-electron chi connectivity index (χ3n) is 4.97. The molecule has 0 unspecified atom stereocenters. The number of thioether (sulfide) groups is 1. The van der Waals surface area contributed by atoms with E-state index in [4.69, 9.17) is 18.6 Å². The van der Waals surface area contributed by atoms with Gasteiger partial charge in [0.15, 0.2) is 11.5 Å². The summed E-state index contributed by atoms with van der Waals surface area (Å²) < 4.78 is 21.7. The second kappa shape index (κ2) is 11.0. The highest BCUT2D eigenvalue weighted by Gasteiger charge is 2.34. The second-order valence-electron chi connectivity index (χ2n) is 7.50. The van der Waals surface area contributed by atoms with Gasteiger partial charge in [-0.25, -0.2) is 4.79 Å².